The Hall–Kier alpha value is -1.51. The molecule has 0 radical (unpaired) electrons. The number of hydrogen-bond acceptors (Lipinski definition) is 1. The van der Waals surface area contributed by atoms with Gasteiger partial charge in [0.1, 0.15) is 0 Å². The summed E-state index contributed by atoms with van der Waals surface area (Å²) in [6.07, 6.45) is 1.04. The van der Waals surface area contributed by atoms with Gasteiger partial charge in [0.05, 0.1) is 0 Å². The third-order valence-electron chi connectivity index (χ3n) is 2.50. The summed E-state index contributed by atoms with van der Waals surface area (Å²) in [4.78, 5) is 15.4. The summed E-state index contributed by atoms with van der Waals surface area (Å²) in [6.45, 7) is 1.69. The minimum Gasteiger partial charge on any atom is -0.327 e. The molecule has 2 amide bonds. The first-order valence-corrected chi connectivity index (χ1v) is 4.87. The van der Waals surface area contributed by atoms with E-state index in [2.05, 4.69) is 0 Å². The summed E-state index contributed by atoms with van der Waals surface area (Å²) in [6, 6.07) is 9.91. The quantitative estimate of drug-likeness (QED) is 0.664. The number of benzene rings is 1. The van der Waals surface area contributed by atoms with Crippen molar-refractivity contribution in [1.29, 1.82) is 0 Å². The van der Waals surface area contributed by atoms with E-state index < -0.39 is 0 Å². The topological polar surface area (TPSA) is 23.6 Å². The second-order valence-corrected chi connectivity index (χ2v) is 3.54. The van der Waals surface area contributed by atoms with E-state index in [0.29, 0.717) is 0 Å². The standard InChI is InChI=1S/C11H14N2O/c1-12-8-5-9-13(11(12)14)10-6-3-2-4-7-10/h2-4,6-7H,5,8-9H2,1H3. The zero-order chi connectivity index (χ0) is 9.97. The lowest BCUT2D eigenvalue weighted by atomic mass is 10.2. The molecule has 3 nitrogen and oxygen atoms in total. The molecule has 14 heavy (non-hydrogen) atoms. The average Bonchev–Trinajstić information content (AvgIpc) is 2.23. The zero-order valence-electron chi connectivity index (χ0n) is 8.31. The fourth-order valence-corrected chi connectivity index (χ4v) is 1.71. The molecule has 1 saturated heterocycles. The largest absolute Gasteiger partial charge is 0.327 e. The monoisotopic (exact) mass is 190 g/mol. The molecule has 0 saturated carbocycles. The van der Waals surface area contributed by atoms with Gasteiger partial charge in [-0.25, -0.2) is 4.79 Å². The predicted octanol–water partition coefficient (Wildman–Crippen LogP) is 1.95. The molecule has 74 valence electrons. The number of rotatable bonds is 1. The van der Waals surface area contributed by atoms with Crippen molar-refractivity contribution in [3.05, 3.63) is 30.3 Å². The molecule has 1 fully saturated rings. The SMILES string of the molecule is CN1CCCN(c2ccccc2)C1=O. The molecular formula is C11H14N2O. The number of carbonyl (C=O) groups excluding carboxylic acids is 1. The van der Waals surface area contributed by atoms with Gasteiger partial charge in [-0.3, -0.25) is 4.90 Å². The lowest BCUT2D eigenvalue weighted by Gasteiger charge is -2.33. The van der Waals surface area contributed by atoms with Crippen LogP contribution in [0.2, 0.25) is 0 Å². The molecule has 0 unspecified atom stereocenters. The van der Waals surface area contributed by atoms with Crippen molar-refractivity contribution in [3.63, 3.8) is 0 Å². The van der Waals surface area contributed by atoms with Gasteiger partial charge in [0.25, 0.3) is 0 Å². The number of urea groups is 1. The number of anilines is 1. The number of hydrogen-bond donors (Lipinski definition) is 0. The van der Waals surface area contributed by atoms with Crippen LogP contribution in [-0.4, -0.2) is 31.1 Å². The second-order valence-electron chi connectivity index (χ2n) is 3.54. The summed E-state index contributed by atoms with van der Waals surface area (Å²) >= 11 is 0. The minimum absolute atomic E-state index is 0.0995. The van der Waals surface area contributed by atoms with Gasteiger partial charge in [-0.1, -0.05) is 18.2 Å². The van der Waals surface area contributed by atoms with Crippen LogP contribution in [0, 0.1) is 0 Å². The van der Waals surface area contributed by atoms with E-state index in [4.69, 9.17) is 0 Å². The highest BCUT2D eigenvalue weighted by atomic mass is 16.2. The van der Waals surface area contributed by atoms with Gasteiger partial charge >= 0.3 is 6.03 Å². The molecule has 1 aromatic carbocycles. The van der Waals surface area contributed by atoms with E-state index in [-0.39, 0.29) is 6.03 Å². The van der Waals surface area contributed by atoms with Crippen LogP contribution in [0.3, 0.4) is 0 Å². The molecule has 1 heterocycles. The maximum absolute atomic E-state index is 11.8. The van der Waals surface area contributed by atoms with Gasteiger partial charge in [-0.05, 0) is 18.6 Å². The maximum Gasteiger partial charge on any atom is 0.324 e. The Balaban J connectivity index is 2.22. The summed E-state index contributed by atoms with van der Waals surface area (Å²) in [7, 11) is 1.84. The minimum atomic E-state index is 0.0995. The zero-order valence-corrected chi connectivity index (χ0v) is 8.31. The molecule has 3 heteroatoms. The number of nitrogens with zero attached hydrogens (tertiary/aromatic N) is 2. The number of amides is 2. The summed E-state index contributed by atoms with van der Waals surface area (Å²) < 4.78 is 0. The molecule has 0 N–H and O–H groups in total. The van der Waals surface area contributed by atoms with Gasteiger partial charge in [0.15, 0.2) is 0 Å². The van der Waals surface area contributed by atoms with Gasteiger partial charge in [0, 0.05) is 25.8 Å². The third kappa shape index (κ3) is 1.58. The van der Waals surface area contributed by atoms with E-state index in [0.717, 1.165) is 25.2 Å². The Morgan fingerprint density at radius 2 is 1.86 bits per heavy atom. The average molecular weight is 190 g/mol. The lowest BCUT2D eigenvalue weighted by molar-refractivity contribution is 0.207. The Labute approximate surface area is 83.9 Å². The van der Waals surface area contributed by atoms with Crippen molar-refractivity contribution in [2.24, 2.45) is 0 Å². The highest BCUT2D eigenvalue weighted by Gasteiger charge is 2.23. The van der Waals surface area contributed by atoms with Crippen molar-refractivity contribution < 1.29 is 4.79 Å². The van der Waals surface area contributed by atoms with Crippen LogP contribution in [0.5, 0.6) is 0 Å². The molecule has 0 atom stereocenters. The van der Waals surface area contributed by atoms with Crippen LogP contribution in [-0.2, 0) is 0 Å². The molecule has 0 aliphatic carbocycles. The van der Waals surface area contributed by atoms with Gasteiger partial charge in [0.2, 0.25) is 0 Å². The van der Waals surface area contributed by atoms with Crippen LogP contribution in [0.1, 0.15) is 6.42 Å². The lowest BCUT2D eigenvalue weighted by Crippen LogP contribution is -2.47. The van der Waals surface area contributed by atoms with E-state index in [1.807, 2.05) is 42.3 Å². The van der Waals surface area contributed by atoms with E-state index in [1.54, 1.807) is 4.90 Å². The van der Waals surface area contributed by atoms with Crippen molar-refractivity contribution in [3.8, 4) is 0 Å². The van der Waals surface area contributed by atoms with Crippen LogP contribution in [0.4, 0.5) is 10.5 Å². The van der Waals surface area contributed by atoms with E-state index >= 15 is 0 Å². The van der Waals surface area contributed by atoms with Crippen LogP contribution in [0.15, 0.2) is 30.3 Å². The number of carbonyl (C=O) groups is 1. The molecule has 0 aromatic heterocycles. The molecule has 0 bridgehead atoms. The Kier molecular flexibility index (Phi) is 2.39. The first kappa shape index (κ1) is 9.06. The van der Waals surface area contributed by atoms with Crippen molar-refractivity contribution in [2.45, 2.75) is 6.42 Å². The van der Waals surface area contributed by atoms with Gasteiger partial charge in [-0.15, -0.1) is 0 Å². The molecule has 1 aliphatic heterocycles. The maximum atomic E-state index is 11.8. The molecule has 0 spiro atoms. The molecule has 1 aliphatic rings. The summed E-state index contributed by atoms with van der Waals surface area (Å²) in [5.41, 5.74) is 0.990. The molecule has 1 aromatic rings. The third-order valence-corrected chi connectivity index (χ3v) is 2.50. The van der Waals surface area contributed by atoms with Crippen LogP contribution >= 0.6 is 0 Å². The van der Waals surface area contributed by atoms with Crippen LogP contribution < -0.4 is 4.90 Å². The fourth-order valence-electron chi connectivity index (χ4n) is 1.71. The van der Waals surface area contributed by atoms with Gasteiger partial charge < -0.3 is 4.90 Å². The van der Waals surface area contributed by atoms with E-state index in [9.17, 15) is 4.79 Å². The van der Waals surface area contributed by atoms with Crippen molar-refractivity contribution in [2.75, 3.05) is 25.0 Å². The Bertz CT molecular complexity index is 323. The van der Waals surface area contributed by atoms with Gasteiger partial charge in [-0.2, -0.15) is 0 Å². The molecule has 2 rings (SSSR count). The summed E-state index contributed by atoms with van der Waals surface area (Å²) in [5.74, 6) is 0. The Morgan fingerprint density at radius 1 is 1.14 bits per heavy atom. The van der Waals surface area contributed by atoms with Crippen molar-refractivity contribution in [1.82, 2.24) is 4.90 Å². The normalized spacial score (nSPS) is 17.4. The van der Waals surface area contributed by atoms with E-state index in [1.165, 1.54) is 0 Å². The smallest absolute Gasteiger partial charge is 0.324 e. The number of para-hydroxylation sites is 1. The first-order chi connectivity index (χ1) is 6.79. The summed E-state index contributed by atoms with van der Waals surface area (Å²) in [5, 5.41) is 0. The fraction of sp³-hybridized carbons (Fsp3) is 0.364. The Morgan fingerprint density at radius 3 is 2.57 bits per heavy atom. The highest BCUT2D eigenvalue weighted by molar-refractivity contribution is 5.92. The predicted molar refractivity (Wildman–Crippen MR) is 56.4 cm³/mol. The first-order valence-electron chi connectivity index (χ1n) is 4.87. The second kappa shape index (κ2) is 3.70. The highest BCUT2D eigenvalue weighted by Crippen LogP contribution is 2.18. The van der Waals surface area contributed by atoms with Crippen LogP contribution in [0.25, 0.3) is 0 Å². The molecular weight excluding hydrogens is 176 g/mol. The van der Waals surface area contributed by atoms with Crippen molar-refractivity contribution >= 4 is 11.7 Å².